The predicted molar refractivity (Wildman–Crippen MR) is 77.1 cm³/mol. The molecule has 0 unspecified atom stereocenters. The molecule has 2 N–H and O–H groups in total. The SMILES string of the molecule is COc1ccc(C(=O)NCCc2cccc(F)c2F)c(O)c1. The van der Waals surface area contributed by atoms with Crippen molar-refractivity contribution in [2.24, 2.45) is 0 Å². The number of phenols is 1. The Kier molecular flexibility index (Phi) is 4.93. The lowest BCUT2D eigenvalue weighted by Gasteiger charge is -2.09. The van der Waals surface area contributed by atoms with Crippen LogP contribution in [0, 0.1) is 11.6 Å². The van der Waals surface area contributed by atoms with Gasteiger partial charge in [-0.15, -0.1) is 0 Å². The fourth-order valence-corrected chi connectivity index (χ4v) is 1.98. The molecular formula is C16H15F2NO3. The molecule has 0 atom stereocenters. The molecule has 0 saturated heterocycles. The van der Waals surface area contributed by atoms with Gasteiger partial charge in [0, 0.05) is 12.6 Å². The van der Waals surface area contributed by atoms with E-state index in [2.05, 4.69) is 5.32 Å². The maximum atomic E-state index is 13.5. The van der Waals surface area contributed by atoms with Crippen molar-refractivity contribution in [3.63, 3.8) is 0 Å². The van der Waals surface area contributed by atoms with Gasteiger partial charge in [-0.05, 0) is 30.2 Å². The number of nitrogens with one attached hydrogen (secondary N) is 1. The van der Waals surface area contributed by atoms with Gasteiger partial charge in [-0.3, -0.25) is 4.79 Å². The minimum absolute atomic E-state index is 0.0838. The van der Waals surface area contributed by atoms with Crippen LogP contribution in [-0.2, 0) is 6.42 Å². The maximum absolute atomic E-state index is 13.5. The Morgan fingerprint density at radius 1 is 1.27 bits per heavy atom. The number of halogens is 2. The van der Waals surface area contributed by atoms with Gasteiger partial charge < -0.3 is 15.2 Å². The first-order valence-corrected chi connectivity index (χ1v) is 6.61. The molecular weight excluding hydrogens is 292 g/mol. The third-order valence-corrected chi connectivity index (χ3v) is 3.16. The van der Waals surface area contributed by atoms with Crippen LogP contribution in [0.25, 0.3) is 0 Å². The zero-order valence-electron chi connectivity index (χ0n) is 11.9. The van der Waals surface area contributed by atoms with E-state index in [4.69, 9.17) is 4.74 Å². The molecule has 0 aliphatic rings. The molecule has 6 heteroatoms. The number of ether oxygens (including phenoxy) is 1. The third kappa shape index (κ3) is 3.52. The molecule has 0 aliphatic heterocycles. The van der Waals surface area contributed by atoms with Gasteiger partial charge in [0.05, 0.1) is 12.7 Å². The fraction of sp³-hybridized carbons (Fsp3) is 0.188. The average Bonchev–Trinajstić information content (AvgIpc) is 2.51. The zero-order valence-corrected chi connectivity index (χ0v) is 11.9. The Hall–Kier alpha value is -2.63. The molecule has 116 valence electrons. The van der Waals surface area contributed by atoms with Crippen LogP contribution in [0.4, 0.5) is 8.78 Å². The first-order valence-electron chi connectivity index (χ1n) is 6.61. The molecule has 1 amide bonds. The minimum Gasteiger partial charge on any atom is -0.507 e. The van der Waals surface area contributed by atoms with Crippen LogP contribution >= 0.6 is 0 Å². The topological polar surface area (TPSA) is 58.6 Å². The number of carbonyl (C=O) groups excluding carboxylic acids is 1. The number of amides is 1. The van der Waals surface area contributed by atoms with Crippen molar-refractivity contribution in [1.82, 2.24) is 5.32 Å². The van der Waals surface area contributed by atoms with Gasteiger partial charge in [0.25, 0.3) is 5.91 Å². The highest BCUT2D eigenvalue weighted by atomic mass is 19.2. The number of phenolic OH excluding ortho intramolecular Hbond substituents is 1. The van der Waals surface area contributed by atoms with Gasteiger partial charge in [-0.1, -0.05) is 12.1 Å². The second-order valence-electron chi connectivity index (χ2n) is 4.60. The number of carbonyl (C=O) groups is 1. The number of aromatic hydroxyl groups is 1. The molecule has 0 spiro atoms. The summed E-state index contributed by atoms with van der Waals surface area (Å²) in [5.74, 6) is -2.12. The standard InChI is InChI=1S/C16H15F2NO3/c1-22-11-5-6-12(14(20)9-11)16(21)19-8-7-10-3-2-4-13(17)15(10)18/h2-6,9,20H,7-8H2,1H3,(H,19,21). The molecule has 0 saturated carbocycles. The molecule has 4 nitrogen and oxygen atoms in total. The lowest BCUT2D eigenvalue weighted by molar-refractivity contribution is 0.0951. The summed E-state index contributed by atoms with van der Waals surface area (Å²) in [6.45, 7) is 0.116. The van der Waals surface area contributed by atoms with Gasteiger partial charge in [0.2, 0.25) is 0 Å². The van der Waals surface area contributed by atoms with Crippen molar-refractivity contribution in [3.8, 4) is 11.5 Å². The van der Waals surface area contributed by atoms with E-state index in [0.717, 1.165) is 6.07 Å². The summed E-state index contributed by atoms with van der Waals surface area (Å²) in [7, 11) is 1.45. The Morgan fingerprint density at radius 3 is 2.73 bits per heavy atom. The quantitative estimate of drug-likeness (QED) is 0.893. The predicted octanol–water partition coefficient (Wildman–Crippen LogP) is 2.65. The smallest absolute Gasteiger partial charge is 0.255 e. The van der Waals surface area contributed by atoms with E-state index in [0.29, 0.717) is 5.75 Å². The second kappa shape index (κ2) is 6.89. The normalized spacial score (nSPS) is 10.3. The van der Waals surface area contributed by atoms with Crippen LogP contribution in [0.3, 0.4) is 0 Å². The Bertz CT molecular complexity index is 689. The first kappa shape index (κ1) is 15.8. The van der Waals surface area contributed by atoms with Gasteiger partial charge in [-0.25, -0.2) is 8.78 Å². The van der Waals surface area contributed by atoms with E-state index in [1.807, 2.05) is 0 Å². The van der Waals surface area contributed by atoms with E-state index in [9.17, 15) is 18.7 Å². The van der Waals surface area contributed by atoms with Crippen LogP contribution in [0.15, 0.2) is 36.4 Å². The molecule has 2 rings (SSSR count). The number of methoxy groups -OCH3 is 1. The van der Waals surface area contributed by atoms with Crippen LogP contribution in [-0.4, -0.2) is 24.7 Å². The number of hydrogen-bond acceptors (Lipinski definition) is 3. The molecule has 0 radical (unpaired) electrons. The Balaban J connectivity index is 1.97. The van der Waals surface area contributed by atoms with Crippen molar-refractivity contribution in [2.45, 2.75) is 6.42 Å². The highest BCUT2D eigenvalue weighted by molar-refractivity contribution is 5.97. The van der Waals surface area contributed by atoms with E-state index in [-0.39, 0.29) is 29.8 Å². The van der Waals surface area contributed by atoms with Crippen LogP contribution in [0.1, 0.15) is 15.9 Å². The summed E-state index contributed by atoms with van der Waals surface area (Å²) in [5.41, 5.74) is 0.264. The number of benzene rings is 2. The monoisotopic (exact) mass is 307 g/mol. The molecule has 0 bridgehead atoms. The van der Waals surface area contributed by atoms with Gasteiger partial charge in [-0.2, -0.15) is 0 Å². The summed E-state index contributed by atoms with van der Waals surface area (Å²) in [6.07, 6.45) is 0.145. The number of rotatable bonds is 5. The summed E-state index contributed by atoms with van der Waals surface area (Å²) in [4.78, 5) is 11.9. The van der Waals surface area contributed by atoms with Crippen LogP contribution in [0.5, 0.6) is 11.5 Å². The highest BCUT2D eigenvalue weighted by Crippen LogP contribution is 2.23. The maximum Gasteiger partial charge on any atom is 0.255 e. The van der Waals surface area contributed by atoms with E-state index >= 15 is 0 Å². The van der Waals surface area contributed by atoms with Crippen molar-refractivity contribution < 1.29 is 23.4 Å². The minimum atomic E-state index is -0.920. The van der Waals surface area contributed by atoms with Crippen molar-refractivity contribution >= 4 is 5.91 Å². The summed E-state index contributed by atoms with van der Waals surface area (Å²) in [5, 5.41) is 12.3. The second-order valence-corrected chi connectivity index (χ2v) is 4.60. The summed E-state index contributed by atoms with van der Waals surface area (Å²) < 4.78 is 31.4. The van der Waals surface area contributed by atoms with E-state index in [1.165, 1.54) is 31.4 Å². The molecule has 0 aromatic heterocycles. The molecule has 0 fully saturated rings. The molecule has 2 aromatic rings. The third-order valence-electron chi connectivity index (χ3n) is 3.16. The summed E-state index contributed by atoms with van der Waals surface area (Å²) in [6, 6.07) is 8.18. The zero-order chi connectivity index (χ0) is 16.1. The molecule has 0 aliphatic carbocycles. The van der Waals surface area contributed by atoms with Gasteiger partial charge in [0.1, 0.15) is 11.5 Å². The molecule has 2 aromatic carbocycles. The lowest BCUT2D eigenvalue weighted by atomic mass is 10.1. The largest absolute Gasteiger partial charge is 0.507 e. The van der Waals surface area contributed by atoms with Gasteiger partial charge >= 0.3 is 0 Å². The average molecular weight is 307 g/mol. The Labute approximate surface area is 126 Å². The van der Waals surface area contributed by atoms with E-state index < -0.39 is 17.5 Å². The highest BCUT2D eigenvalue weighted by Gasteiger charge is 2.12. The van der Waals surface area contributed by atoms with Crippen molar-refractivity contribution in [1.29, 1.82) is 0 Å². The van der Waals surface area contributed by atoms with Crippen molar-refractivity contribution in [2.75, 3.05) is 13.7 Å². The lowest BCUT2D eigenvalue weighted by Crippen LogP contribution is -2.26. The van der Waals surface area contributed by atoms with Crippen LogP contribution < -0.4 is 10.1 Å². The molecule has 22 heavy (non-hydrogen) atoms. The van der Waals surface area contributed by atoms with Gasteiger partial charge in [0.15, 0.2) is 11.6 Å². The Morgan fingerprint density at radius 2 is 2.05 bits per heavy atom. The molecule has 0 heterocycles. The van der Waals surface area contributed by atoms with E-state index in [1.54, 1.807) is 6.07 Å². The fourth-order valence-electron chi connectivity index (χ4n) is 1.98. The number of hydrogen-bond donors (Lipinski definition) is 2. The first-order chi connectivity index (χ1) is 10.5. The van der Waals surface area contributed by atoms with Crippen LogP contribution in [0.2, 0.25) is 0 Å². The summed E-state index contributed by atoms with van der Waals surface area (Å²) >= 11 is 0. The van der Waals surface area contributed by atoms with Crippen molar-refractivity contribution in [3.05, 3.63) is 59.2 Å².